The highest BCUT2D eigenvalue weighted by atomic mass is 16.7. The number of aliphatic hydroxyl groups excluding tert-OH is 1. The molecular formula is C27H44O3. The number of hydrogen-bond acceptors (Lipinski definition) is 3. The van der Waals surface area contributed by atoms with E-state index >= 15 is 0 Å². The largest absolute Gasteiger partial charge is 0.393 e. The summed E-state index contributed by atoms with van der Waals surface area (Å²) in [5.74, 6) is 4.93. The first-order valence-corrected chi connectivity index (χ1v) is 13.3. The zero-order chi connectivity index (χ0) is 20.9. The molecule has 3 nitrogen and oxygen atoms in total. The second-order valence-electron chi connectivity index (χ2n) is 13.1. The van der Waals surface area contributed by atoms with Crippen molar-refractivity contribution in [3.05, 3.63) is 0 Å². The maximum Gasteiger partial charge on any atom is 0.171 e. The summed E-state index contributed by atoms with van der Waals surface area (Å²) in [4.78, 5) is 0. The first-order valence-electron chi connectivity index (χ1n) is 13.3. The Bertz CT molecular complexity index is 684. The minimum absolute atomic E-state index is 0.0389. The van der Waals surface area contributed by atoms with E-state index in [4.69, 9.17) is 9.47 Å². The van der Waals surface area contributed by atoms with Crippen LogP contribution in [0.5, 0.6) is 0 Å². The van der Waals surface area contributed by atoms with Crippen LogP contribution in [0.1, 0.15) is 91.9 Å². The van der Waals surface area contributed by atoms with E-state index in [1.807, 2.05) is 0 Å². The van der Waals surface area contributed by atoms with Gasteiger partial charge in [-0.1, -0.05) is 27.7 Å². The lowest BCUT2D eigenvalue weighted by atomic mass is 9.44. The molecule has 4 aliphatic carbocycles. The predicted octanol–water partition coefficient (Wildman–Crippen LogP) is 5.79. The van der Waals surface area contributed by atoms with Crippen molar-refractivity contribution in [2.24, 2.45) is 52.3 Å². The SMILES string of the molecule is C[C@H]1CCC2(OC1)OC1C[C@H]3[C@@H]4CC[C@@H]5C[C@@H](O)CC[C@]5(C)[C@H]4CCC3(C)C1[C@@H]2C. The van der Waals surface area contributed by atoms with Crippen LogP contribution < -0.4 is 0 Å². The zero-order valence-electron chi connectivity index (χ0n) is 19.7. The Kier molecular flexibility index (Phi) is 4.58. The van der Waals surface area contributed by atoms with Crippen LogP contribution in [0.15, 0.2) is 0 Å². The average Bonchev–Trinajstić information content (AvgIpc) is 3.16. The number of ether oxygens (including phenoxy) is 2. The Morgan fingerprint density at radius 2 is 1.63 bits per heavy atom. The molecule has 0 radical (unpaired) electrons. The predicted molar refractivity (Wildman–Crippen MR) is 118 cm³/mol. The summed E-state index contributed by atoms with van der Waals surface area (Å²) >= 11 is 0. The topological polar surface area (TPSA) is 38.7 Å². The molecule has 6 rings (SSSR count). The summed E-state index contributed by atoms with van der Waals surface area (Å²) in [7, 11) is 0. The van der Waals surface area contributed by atoms with Crippen LogP contribution in [0.4, 0.5) is 0 Å². The molecule has 1 spiro atoms. The van der Waals surface area contributed by atoms with Crippen molar-refractivity contribution in [1.29, 1.82) is 0 Å². The fourth-order valence-corrected chi connectivity index (χ4v) is 10.3. The molecule has 170 valence electrons. The van der Waals surface area contributed by atoms with Gasteiger partial charge in [-0.2, -0.15) is 0 Å². The van der Waals surface area contributed by atoms with E-state index in [0.29, 0.717) is 34.7 Å². The molecular weight excluding hydrogens is 372 g/mol. The first-order chi connectivity index (χ1) is 14.3. The molecule has 0 amide bonds. The van der Waals surface area contributed by atoms with Crippen molar-refractivity contribution in [2.75, 3.05) is 6.61 Å². The van der Waals surface area contributed by atoms with Gasteiger partial charge in [0.15, 0.2) is 5.79 Å². The molecule has 6 fully saturated rings. The molecule has 6 aliphatic rings. The van der Waals surface area contributed by atoms with E-state index < -0.39 is 0 Å². The molecule has 2 aliphatic heterocycles. The number of hydrogen-bond donors (Lipinski definition) is 1. The summed E-state index contributed by atoms with van der Waals surface area (Å²) in [6.07, 6.45) is 12.9. The van der Waals surface area contributed by atoms with Gasteiger partial charge in [-0.3, -0.25) is 0 Å². The van der Waals surface area contributed by atoms with Gasteiger partial charge in [0.25, 0.3) is 0 Å². The summed E-state index contributed by atoms with van der Waals surface area (Å²) in [6.45, 7) is 10.9. The van der Waals surface area contributed by atoms with Crippen molar-refractivity contribution in [1.82, 2.24) is 0 Å². The van der Waals surface area contributed by atoms with Gasteiger partial charge in [0.05, 0.1) is 18.8 Å². The summed E-state index contributed by atoms with van der Waals surface area (Å²) in [5.41, 5.74) is 0.899. The van der Waals surface area contributed by atoms with Crippen molar-refractivity contribution < 1.29 is 14.6 Å². The molecule has 0 bridgehead atoms. The van der Waals surface area contributed by atoms with Gasteiger partial charge in [-0.15, -0.1) is 0 Å². The molecule has 4 saturated carbocycles. The zero-order valence-corrected chi connectivity index (χ0v) is 19.7. The van der Waals surface area contributed by atoms with Gasteiger partial charge in [0.2, 0.25) is 0 Å². The highest BCUT2D eigenvalue weighted by molar-refractivity contribution is 5.15. The Morgan fingerprint density at radius 1 is 0.833 bits per heavy atom. The lowest BCUT2D eigenvalue weighted by Crippen LogP contribution is -2.55. The molecule has 0 aromatic rings. The molecule has 0 aromatic carbocycles. The fraction of sp³-hybridized carbons (Fsp3) is 1.00. The minimum atomic E-state index is -0.282. The minimum Gasteiger partial charge on any atom is -0.393 e. The van der Waals surface area contributed by atoms with Crippen LogP contribution in [0.25, 0.3) is 0 Å². The van der Waals surface area contributed by atoms with Crippen LogP contribution >= 0.6 is 0 Å². The third kappa shape index (κ3) is 2.61. The quantitative estimate of drug-likeness (QED) is 0.543. The van der Waals surface area contributed by atoms with E-state index in [0.717, 1.165) is 49.5 Å². The van der Waals surface area contributed by atoms with Crippen LogP contribution in [-0.2, 0) is 9.47 Å². The number of aliphatic hydroxyl groups is 1. The Morgan fingerprint density at radius 3 is 2.40 bits per heavy atom. The van der Waals surface area contributed by atoms with Gasteiger partial charge in [-0.05, 0) is 104 Å². The number of fused-ring (bicyclic) bond motifs is 7. The number of rotatable bonds is 0. The highest BCUT2D eigenvalue weighted by Crippen LogP contribution is 2.71. The monoisotopic (exact) mass is 416 g/mol. The van der Waals surface area contributed by atoms with E-state index in [9.17, 15) is 5.11 Å². The molecule has 2 heterocycles. The molecule has 1 N–H and O–H groups in total. The highest BCUT2D eigenvalue weighted by Gasteiger charge is 2.69. The second kappa shape index (κ2) is 6.70. The van der Waals surface area contributed by atoms with Gasteiger partial charge >= 0.3 is 0 Å². The molecule has 3 heteroatoms. The fourth-order valence-electron chi connectivity index (χ4n) is 10.3. The van der Waals surface area contributed by atoms with Gasteiger partial charge in [0.1, 0.15) is 0 Å². The average molecular weight is 417 g/mol. The van der Waals surface area contributed by atoms with E-state index in [-0.39, 0.29) is 11.9 Å². The third-order valence-corrected chi connectivity index (χ3v) is 11.9. The van der Waals surface area contributed by atoms with Crippen LogP contribution in [0.2, 0.25) is 0 Å². The van der Waals surface area contributed by atoms with E-state index in [1.54, 1.807) is 0 Å². The summed E-state index contributed by atoms with van der Waals surface area (Å²) < 4.78 is 13.4. The normalized spacial score (nSPS) is 62.5. The molecule has 0 aromatic heterocycles. The maximum absolute atomic E-state index is 10.3. The van der Waals surface area contributed by atoms with Crippen LogP contribution in [-0.4, -0.2) is 29.7 Å². The summed E-state index contributed by atoms with van der Waals surface area (Å²) in [6, 6.07) is 0. The second-order valence-corrected chi connectivity index (χ2v) is 13.1. The van der Waals surface area contributed by atoms with Gasteiger partial charge < -0.3 is 14.6 Å². The standard InChI is InChI=1S/C27H44O3/c1-16-7-12-27(29-15-16)17(2)24-23(30-27)14-22-20-6-5-18-13-19(28)8-10-25(18,3)21(20)9-11-26(22,24)4/h16-24,28H,5-15H2,1-4H3/t16-,17-,18+,19-,20+,21-,22-,23?,24?,25-,26?,27?/m0/s1. The van der Waals surface area contributed by atoms with Crippen molar-refractivity contribution in [3.8, 4) is 0 Å². The Balaban J connectivity index is 1.26. The lowest BCUT2D eigenvalue weighted by Gasteiger charge is -2.61. The molecule has 12 atom stereocenters. The maximum atomic E-state index is 10.3. The van der Waals surface area contributed by atoms with E-state index in [2.05, 4.69) is 27.7 Å². The Hall–Kier alpha value is -0.120. The smallest absolute Gasteiger partial charge is 0.171 e. The third-order valence-electron chi connectivity index (χ3n) is 11.9. The first kappa shape index (κ1) is 20.5. The summed E-state index contributed by atoms with van der Waals surface area (Å²) in [5, 5.41) is 10.3. The lowest BCUT2D eigenvalue weighted by molar-refractivity contribution is -0.273. The van der Waals surface area contributed by atoms with Crippen LogP contribution in [0.3, 0.4) is 0 Å². The van der Waals surface area contributed by atoms with Gasteiger partial charge in [0, 0.05) is 12.3 Å². The van der Waals surface area contributed by atoms with Crippen molar-refractivity contribution in [3.63, 3.8) is 0 Å². The van der Waals surface area contributed by atoms with E-state index in [1.165, 1.54) is 44.9 Å². The molecule has 4 unspecified atom stereocenters. The van der Waals surface area contributed by atoms with Crippen molar-refractivity contribution in [2.45, 2.75) is 110 Å². The molecule has 30 heavy (non-hydrogen) atoms. The van der Waals surface area contributed by atoms with Gasteiger partial charge in [-0.25, -0.2) is 0 Å². The molecule has 2 saturated heterocycles. The van der Waals surface area contributed by atoms with Crippen LogP contribution in [0, 0.1) is 52.3 Å². The Labute approximate surface area is 183 Å². The van der Waals surface area contributed by atoms with Crippen molar-refractivity contribution >= 4 is 0 Å².